The van der Waals surface area contributed by atoms with Gasteiger partial charge in [0, 0.05) is 6.54 Å². The summed E-state index contributed by atoms with van der Waals surface area (Å²) in [7, 11) is 3.39. The summed E-state index contributed by atoms with van der Waals surface area (Å²) in [5, 5.41) is 8.96. The molecule has 0 aliphatic rings. The molecule has 0 atom stereocenters. The summed E-state index contributed by atoms with van der Waals surface area (Å²) in [6.07, 6.45) is -0.0479. The Bertz CT molecular complexity index is 469. The minimum atomic E-state index is -0.0837. The van der Waals surface area contributed by atoms with Crippen LogP contribution in [0.3, 0.4) is 0 Å². The lowest BCUT2D eigenvalue weighted by atomic mass is 10.2. The number of hydrogen-bond acceptors (Lipinski definition) is 4. The molecule has 0 unspecified atom stereocenters. The number of nitriles is 1. The first kappa shape index (κ1) is 14.5. The lowest BCUT2D eigenvalue weighted by Crippen LogP contribution is -2.25. The molecule has 0 saturated heterocycles. The number of hydrogen-bond donors (Lipinski definition) is 0. The molecule has 0 aliphatic carbocycles. The van der Waals surface area contributed by atoms with Gasteiger partial charge in [0.05, 0.1) is 31.2 Å². The van der Waals surface area contributed by atoms with Crippen LogP contribution >= 0.6 is 11.6 Å². The van der Waals surface area contributed by atoms with Crippen LogP contribution in [-0.2, 0) is 11.3 Å². The van der Waals surface area contributed by atoms with Crippen LogP contribution in [0.15, 0.2) is 18.2 Å². The van der Waals surface area contributed by atoms with Crippen molar-refractivity contribution in [3.8, 4) is 11.8 Å². The number of methoxy groups -OCH3 is 1. The maximum absolute atomic E-state index is 11.3. The second-order valence-electron chi connectivity index (χ2n) is 4.01. The molecule has 1 aromatic rings. The van der Waals surface area contributed by atoms with E-state index in [0.29, 0.717) is 17.3 Å². The van der Waals surface area contributed by atoms with Crippen LogP contribution in [0.25, 0.3) is 0 Å². The van der Waals surface area contributed by atoms with Crippen LogP contribution in [-0.4, -0.2) is 31.4 Å². The molecule has 0 spiro atoms. The summed E-state index contributed by atoms with van der Waals surface area (Å²) in [5.74, 6) is 0.545. The number of rotatable bonds is 6. The van der Waals surface area contributed by atoms with Gasteiger partial charge in [-0.15, -0.1) is 0 Å². The molecule has 0 bridgehead atoms. The lowest BCUT2D eigenvalue weighted by Gasteiger charge is -2.15. The number of carbonyl (C=O) groups excluding carboxylic acids is 1. The van der Waals surface area contributed by atoms with E-state index in [4.69, 9.17) is 21.6 Å². The minimum absolute atomic E-state index is 0.0479. The van der Waals surface area contributed by atoms with Gasteiger partial charge in [-0.3, -0.25) is 9.69 Å². The lowest BCUT2D eigenvalue weighted by molar-refractivity contribution is -0.119. The summed E-state index contributed by atoms with van der Waals surface area (Å²) >= 11 is 6.01. The number of halogens is 1. The van der Waals surface area contributed by atoms with Crippen molar-refractivity contribution in [2.75, 3.05) is 20.7 Å². The molecule has 0 radical (unpaired) electrons. The summed E-state index contributed by atoms with van der Waals surface area (Å²) in [6.45, 7) is 0.859. The Morgan fingerprint density at radius 2 is 2.28 bits per heavy atom. The normalized spacial score (nSPS) is 10.2. The molecule has 1 aromatic carbocycles. The van der Waals surface area contributed by atoms with E-state index in [9.17, 15) is 4.79 Å². The second kappa shape index (κ2) is 7.00. The number of likely N-dealkylation sites (N-methyl/N-ethyl adjacent to an activating group) is 1. The smallest absolute Gasteiger partial charge is 0.160 e. The van der Waals surface area contributed by atoms with Crippen LogP contribution in [0, 0.1) is 11.3 Å². The standard InChI is InChI=1S/C13H15ClN2O2/c1-16(9-11(17)5-6-15)8-10-3-4-13(18-2)12(14)7-10/h3-4,7H,5,8-9H2,1-2H3. The van der Waals surface area contributed by atoms with Crippen molar-refractivity contribution < 1.29 is 9.53 Å². The zero-order valence-electron chi connectivity index (χ0n) is 10.4. The third-order valence-corrected chi connectivity index (χ3v) is 2.69. The Kier molecular flexibility index (Phi) is 5.63. The highest BCUT2D eigenvalue weighted by Crippen LogP contribution is 2.25. The van der Waals surface area contributed by atoms with Gasteiger partial charge in [0.1, 0.15) is 5.75 Å². The van der Waals surface area contributed by atoms with Gasteiger partial charge in [-0.25, -0.2) is 0 Å². The van der Waals surface area contributed by atoms with Crippen molar-refractivity contribution in [1.29, 1.82) is 5.26 Å². The molecule has 0 N–H and O–H groups in total. The number of nitrogens with zero attached hydrogens (tertiary/aromatic N) is 2. The molecular weight excluding hydrogens is 252 g/mol. The van der Waals surface area contributed by atoms with Crippen molar-refractivity contribution >= 4 is 17.4 Å². The van der Waals surface area contributed by atoms with Gasteiger partial charge in [-0.05, 0) is 24.7 Å². The average Bonchev–Trinajstić information content (AvgIpc) is 2.29. The largest absolute Gasteiger partial charge is 0.495 e. The number of carbonyl (C=O) groups is 1. The molecule has 0 aliphatic heterocycles. The van der Waals surface area contributed by atoms with Crippen LogP contribution in [0.4, 0.5) is 0 Å². The van der Waals surface area contributed by atoms with E-state index in [-0.39, 0.29) is 18.7 Å². The molecule has 18 heavy (non-hydrogen) atoms. The molecule has 0 heterocycles. The van der Waals surface area contributed by atoms with E-state index < -0.39 is 0 Å². The highest BCUT2D eigenvalue weighted by molar-refractivity contribution is 6.32. The van der Waals surface area contributed by atoms with Gasteiger partial charge >= 0.3 is 0 Å². The number of ether oxygens (including phenoxy) is 1. The first-order chi connectivity index (χ1) is 8.56. The maximum Gasteiger partial charge on any atom is 0.160 e. The summed E-state index contributed by atoms with van der Waals surface area (Å²) < 4.78 is 5.07. The summed E-state index contributed by atoms with van der Waals surface area (Å²) in [4.78, 5) is 13.1. The van der Waals surface area contributed by atoms with Crippen molar-refractivity contribution in [2.45, 2.75) is 13.0 Å². The van der Waals surface area contributed by atoms with Crippen LogP contribution in [0.2, 0.25) is 5.02 Å². The highest BCUT2D eigenvalue weighted by Gasteiger charge is 2.08. The predicted octanol–water partition coefficient (Wildman–Crippen LogP) is 2.26. The monoisotopic (exact) mass is 266 g/mol. The third kappa shape index (κ3) is 4.36. The molecule has 0 fully saturated rings. The van der Waals surface area contributed by atoms with E-state index in [2.05, 4.69) is 0 Å². The Labute approximate surface area is 112 Å². The van der Waals surface area contributed by atoms with Gasteiger partial charge < -0.3 is 4.74 Å². The quantitative estimate of drug-likeness (QED) is 0.793. The second-order valence-corrected chi connectivity index (χ2v) is 4.42. The van der Waals surface area contributed by atoms with Crippen LogP contribution in [0.1, 0.15) is 12.0 Å². The van der Waals surface area contributed by atoms with Gasteiger partial charge in [0.25, 0.3) is 0 Å². The molecule has 0 amide bonds. The Morgan fingerprint density at radius 1 is 1.56 bits per heavy atom. The Balaban J connectivity index is 2.60. The summed E-state index contributed by atoms with van der Waals surface area (Å²) in [5.41, 5.74) is 0.994. The fourth-order valence-corrected chi connectivity index (χ4v) is 1.90. The highest BCUT2D eigenvalue weighted by atomic mass is 35.5. The van der Waals surface area contributed by atoms with E-state index >= 15 is 0 Å². The van der Waals surface area contributed by atoms with Crippen molar-refractivity contribution in [3.63, 3.8) is 0 Å². The van der Waals surface area contributed by atoms with Gasteiger partial charge in [0.15, 0.2) is 5.78 Å². The molecule has 4 nitrogen and oxygen atoms in total. The molecule has 0 saturated carbocycles. The molecule has 1 rings (SSSR count). The Morgan fingerprint density at radius 3 is 2.83 bits per heavy atom. The SMILES string of the molecule is COc1ccc(CN(C)CC(=O)CC#N)cc1Cl. The van der Waals surface area contributed by atoms with E-state index in [1.807, 2.05) is 30.1 Å². The maximum atomic E-state index is 11.3. The van der Waals surface area contributed by atoms with Crippen molar-refractivity contribution in [3.05, 3.63) is 28.8 Å². The zero-order chi connectivity index (χ0) is 13.5. The van der Waals surface area contributed by atoms with Gasteiger partial charge in [-0.2, -0.15) is 5.26 Å². The summed E-state index contributed by atoms with van der Waals surface area (Å²) in [6, 6.07) is 7.35. The minimum Gasteiger partial charge on any atom is -0.495 e. The topological polar surface area (TPSA) is 53.3 Å². The van der Waals surface area contributed by atoms with Crippen molar-refractivity contribution in [1.82, 2.24) is 4.90 Å². The van der Waals surface area contributed by atoms with Crippen LogP contribution < -0.4 is 4.74 Å². The van der Waals surface area contributed by atoms with Crippen LogP contribution in [0.5, 0.6) is 5.75 Å². The molecule has 5 heteroatoms. The predicted molar refractivity (Wildman–Crippen MR) is 69.6 cm³/mol. The van der Waals surface area contributed by atoms with Gasteiger partial charge in [-0.1, -0.05) is 17.7 Å². The fraction of sp³-hybridized carbons (Fsp3) is 0.385. The Hall–Kier alpha value is -1.57. The number of Topliss-reactive ketones (excluding diaryl/α,β-unsaturated/α-hetero) is 1. The van der Waals surface area contributed by atoms with E-state index in [0.717, 1.165) is 5.56 Å². The van der Waals surface area contributed by atoms with E-state index in [1.54, 1.807) is 13.2 Å². The third-order valence-electron chi connectivity index (χ3n) is 2.39. The molecule has 96 valence electrons. The van der Waals surface area contributed by atoms with Crippen molar-refractivity contribution in [2.24, 2.45) is 0 Å². The molecule has 0 aromatic heterocycles. The first-order valence-corrected chi connectivity index (χ1v) is 5.84. The van der Waals surface area contributed by atoms with Gasteiger partial charge in [0.2, 0.25) is 0 Å². The fourth-order valence-electron chi connectivity index (χ4n) is 1.62. The number of benzene rings is 1. The number of ketones is 1. The first-order valence-electron chi connectivity index (χ1n) is 5.46. The zero-order valence-corrected chi connectivity index (χ0v) is 11.2. The van der Waals surface area contributed by atoms with E-state index in [1.165, 1.54) is 0 Å². The molecular formula is C13H15ClN2O2. The average molecular weight is 267 g/mol.